The molecule has 0 aliphatic rings. The molecule has 112 valence electrons. The molecule has 2 aromatic heterocycles. The van der Waals surface area contributed by atoms with Crippen LogP contribution in [0.15, 0.2) is 48.5 Å². The van der Waals surface area contributed by atoms with Gasteiger partial charge < -0.3 is 16.5 Å². The van der Waals surface area contributed by atoms with Gasteiger partial charge in [0, 0.05) is 22.0 Å². The van der Waals surface area contributed by atoms with Crippen molar-refractivity contribution in [2.75, 3.05) is 5.73 Å². The molecule has 4 rings (SSSR count). The summed E-state index contributed by atoms with van der Waals surface area (Å²) in [6.07, 6.45) is 0. The van der Waals surface area contributed by atoms with E-state index >= 15 is 0 Å². The van der Waals surface area contributed by atoms with Gasteiger partial charge in [0.25, 0.3) is 0 Å². The lowest BCUT2D eigenvalue weighted by Gasteiger charge is -2.04. The Balaban J connectivity index is 2.14. The van der Waals surface area contributed by atoms with E-state index in [4.69, 9.17) is 11.5 Å². The molecule has 23 heavy (non-hydrogen) atoms. The van der Waals surface area contributed by atoms with Crippen LogP contribution in [0, 0.1) is 0 Å². The van der Waals surface area contributed by atoms with Crippen molar-refractivity contribution in [3.8, 4) is 11.3 Å². The third kappa shape index (κ3) is 2.08. The number of anilines is 1. The van der Waals surface area contributed by atoms with Crippen LogP contribution in [-0.4, -0.2) is 20.9 Å². The lowest BCUT2D eigenvalue weighted by molar-refractivity contribution is 0.100. The predicted octanol–water partition coefficient (Wildman–Crippen LogP) is 2.46. The fourth-order valence-electron chi connectivity index (χ4n) is 2.77. The molecule has 0 aliphatic carbocycles. The number of nitrogen functional groups attached to an aromatic ring is 1. The summed E-state index contributed by atoms with van der Waals surface area (Å²) in [7, 11) is 0. The third-order valence-electron chi connectivity index (χ3n) is 3.80. The molecule has 0 radical (unpaired) electrons. The summed E-state index contributed by atoms with van der Waals surface area (Å²) < 4.78 is 0. The molecule has 0 fully saturated rings. The Kier molecular flexibility index (Phi) is 2.77. The first kappa shape index (κ1) is 13.3. The van der Waals surface area contributed by atoms with Crippen LogP contribution in [0.5, 0.6) is 0 Å². The molecule has 5 N–H and O–H groups in total. The number of benzene rings is 2. The first-order valence-electron chi connectivity index (χ1n) is 7.07. The number of H-pyrrole nitrogens is 1. The Morgan fingerprint density at radius 2 is 1.83 bits per heavy atom. The fourth-order valence-corrected chi connectivity index (χ4v) is 2.77. The molecule has 0 bridgehead atoms. The maximum atomic E-state index is 11.5. The Hall–Kier alpha value is -3.41. The number of nitrogens with one attached hydrogen (secondary N) is 1. The third-order valence-corrected chi connectivity index (χ3v) is 3.80. The van der Waals surface area contributed by atoms with Crippen molar-refractivity contribution >= 4 is 33.8 Å². The first-order chi connectivity index (χ1) is 11.1. The number of primary amides is 1. The molecule has 1 amide bonds. The number of hydrogen-bond acceptors (Lipinski definition) is 4. The Bertz CT molecular complexity index is 1050. The van der Waals surface area contributed by atoms with Crippen molar-refractivity contribution in [1.29, 1.82) is 0 Å². The van der Waals surface area contributed by atoms with Crippen LogP contribution in [0.1, 0.15) is 10.4 Å². The SMILES string of the molecule is NC(=O)c1ccc2[nH]c3nc(N)nc(-c4ccccc4)c3c2c1. The zero-order valence-corrected chi connectivity index (χ0v) is 12.1. The van der Waals surface area contributed by atoms with Crippen LogP contribution in [0.4, 0.5) is 5.95 Å². The van der Waals surface area contributed by atoms with E-state index in [2.05, 4.69) is 15.0 Å². The van der Waals surface area contributed by atoms with Gasteiger partial charge >= 0.3 is 0 Å². The first-order valence-corrected chi connectivity index (χ1v) is 7.07. The van der Waals surface area contributed by atoms with Gasteiger partial charge in [0.15, 0.2) is 0 Å². The summed E-state index contributed by atoms with van der Waals surface area (Å²) in [5.74, 6) is -0.281. The molecule has 0 aliphatic heterocycles. The number of nitrogens with two attached hydrogens (primary N) is 2. The van der Waals surface area contributed by atoms with E-state index in [0.29, 0.717) is 11.2 Å². The Morgan fingerprint density at radius 1 is 1.04 bits per heavy atom. The summed E-state index contributed by atoms with van der Waals surface area (Å²) in [5, 5.41) is 1.67. The number of aromatic nitrogens is 3. The number of hydrogen-bond donors (Lipinski definition) is 3. The van der Waals surface area contributed by atoms with E-state index in [9.17, 15) is 4.79 Å². The zero-order valence-electron chi connectivity index (χ0n) is 12.1. The van der Waals surface area contributed by atoms with Gasteiger partial charge in [-0.15, -0.1) is 0 Å². The Morgan fingerprint density at radius 3 is 2.57 bits per heavy atom. The highest BCUT2D eigenvalue weighted by Gasteiger charge is 2.15. The number of fused-ring (bicyclic) bond motifs is 3. The van der Waals surface area contributed by atoms with E-state index < -0.39 is 5.91 Å². The average molecular weight is 303 g/mol. The van der Waals surface area contributed by atoms with E-state index in [1.165, 1.54) is 0 Å². The van der Waals surface area contributed by atoms with Crippen LogP contribution in [0.2, 0.25) is 0 Å². The lowest BCUT2D eigenvalue weighted by Crippen LogP contribution is -2.10. The van der Waals surface area contributed by atoms with Gasteiger partial charge in [-0.1, -0.05) is 30.3 Å². The molecular weight excluding hydrogens is 290 g/mol. The fraction of sp³-hybridized carbons (Fsp3) is 0. The number of nitrogens with zero attached hydrogens (tertiary/aromatic N) is 2. The molecular formula is C17H13N5O. The molecule has 6 heteroatoms. The summed E-state index contributed by atoms with van der Waals surface area (Å²) >= 11 is 0. The van der Waals surface area contributed by atoms with Gasteiger partial charge in [0.2, 0.25) is 11.9 Å². The van der Waals surface area contributed by atoms with Crippen LogP contribution < -0.4 is 11.5 Å². The molecule has 0 saturated heterocycles. The standard InChI is InChI=1S/C17H13N5O/c18-15(23)10-6-7-12-11(8-10)13-14(9-4-2-1-3-5-9)21-17(19)22-16(13)20-12/h1-8H,(H2,18,23)(H3,19,20,21,22). The van der Waals surface area contributed by atoms with Crippen molar-refractivity contribution < 1.29 is 4.79 Å². The second-order valence-electron chi connectivity index (χ2n) is 5.27. The Labute approximate surface area is 131 Å². The summed E-state index contributed by atoms with van der Waals surface area (Å²) in [4.78, 5) is 23.4. The van der Waals surface area contributed by atoms with Crippen molar-refractivity contribution in [3.63, 3.8) is 0 Å². The second-order valence-corrected chi connectivity index (χ2v) is 5.27. The van der Waals surface area contributed by atoms with Crippen molar-refractivity contribution in [2.24, 2.45) is 5.73 Å². The van der Waals surface area contributed by atoms with Crippen LogP contribution in [-0.2, 0) is 0 Å². The summed E-state index contributed by atoms with van der Waals surface area (Å²) in [6, 6.07) is 15.0. The molecule has 0 atom stereocenters. The minimum Gasteiger partial charge on any atom is -0.368 e. The maximum absolute atomic E-state index is 11.5. The molecule has 0 spiro atoms. The van der Waals surface area contributed by atoms with Gasteiger partial charge in [0.1, 0.15) is 5.65 Å². The summed E-state index contributed by atoms with van der Waals surface area (Å²) in [6.45, 7) is 0. The van der Waals surface area contributed by atoms with Gasteiger partial charge in [0.05, 0.1) is 11.1 Å². The molecule has 0 saturated carbocycles. The smallest absolute Gasteiger partial charge is 0.248 e. The second kappa shape index (κ2) is 4.81. The zero-order chi connectivity index (χ0) is 16.0. The maximum Gasteiger partial charge on any atom is 0.248 e. The van der Waals surface area contributed by atoms with Crippen molar-refractivity contribution in [1.82, 2.24) is 15.0 Å². The molecule has 2 heterocycles. The van der Waals surface area contributed by atoms with Crippen LogP contribution in [0.3, 0.4) is 0 Å². The minimum absolute atomic E-state index is 0.193. The van der Waals surface area contributed by atoms with Gasteiger partial charge in [-0.25, -0.2) is 4.98 Å². The lowest BCUT2D eigenvalue weighted by atomic mass is 10.0. The number of aromatic amines is 1. The van der Waals surface area contributed by atoms with Crippen molar-refractivity contribution in [2.45, 2.75) is 0 Å². The number of amides is 1. The minimum atomic E-state index is -0.473. The van der Waals surface area contributed by atoms with Crippen molar-refractivity contribution in [3.05, 3.63) is 54.1 Å². The van der Waals surface area contributed by atoms with E-state index in [0.717, 1.165) is 27.5 Å². The quantitative estimate of drug-likeness (QED) is 0.528. The average Bonchev–Trinajstić information content (AvgIpc) is 2.91. The van der Waals surface area contributed by atoms with E-state index in [-0.39, 0.29) is 5.95 Å². The number of rotatable bonds is 2. The van der Waals surface area contributed by atoms with E-state index in [1.54, 1.807) is 12.1 Å². The van der Waals surface area contributed by atoms with Gasteiger partial charge in [-0.3, -0.25) is 4.79 Å². The van der Waals surface area contributed by atoms with E-state index in [1.807, 2.05) is 36.4 Å². The molecule has 6 nitrogen and oxygen atoms in total. The van der Waals surface area contributed by atoms with Crippen LogP contribution >= 0.6 is 0 Å². The highest BCUT2D eigenvalue weighted by atomic mass is 16.1. The largest absolute Gasteiger partial charge is 0.368 e. The number of carbonyl (C=O) groups excluding carboxylic acids is 1. The highest BCUT2D eigenvalue weighted by molar-refractivity contribution is 6.14. The normalized spacial score (nSPS) is 11.1. The predicted molar refractivity (Wildman–Crippen MR) is 89.8 cm³/mol. The van der Waals surface area contributed by atoms with Gasteiger partial charge in [-0.2, -0.15) is 4.98 Å². The van der Waals surface area contributed by atoms with Crippen LogP contribution in [0.25, 0.3) is 33.2 Å². The topological polar surface area (TPSA) is 111 Å². The highest BCUT2D eigenvalue weighted by Crippen LogP contribution is 2.33. The molecule has 4 aromatic rings. The monoisotopic (exact) mass is 303 g/mol. The van der Waals surface area contributed by atoms with Gasteiger partial charge in [-0.05, 0) is 18.2 Å². The molecule has 0 unspecified atom stereocenters. The molecule has 2 aromatic carbocycles. The summed E-state index contributed by atoms with van der Waals surface area (Å²) in [5.41, 5.74) is 14.8. The number of carbonyl (C=O) groups is 1.